The van der Waals surface area contributed by atoms with Crippen molar-refractivity contribution < 1.29 is 224 Å². The van der Waals surface area contributed by atoms with Crippen molar-refractivity contribution in [1.82, 2.24) is 40.0 Å². The minimum atomic E-state index is -4.64. The molecule has 0 bridgehead atoms. The van der Waals surface area contributed by atoms with Gasteiger partial charge in [-0.1, -0.05) is 25.6 Å². The Morgan fingerprint density at radius 2 is 0.836 bits per heavy atom. The van der Waals surface area contributed by atoms with Crippen molar-refractivity contribution in [3.05, 3.63) is 144 Å². The number of rotatable bonds is 29. The average Bonchev–Trinajstić information content (AvgIpc) is 1.79. The fraction of sp³-hybridized carbons (Fsp3) is 0.449. The van der Waals surface area contributed by atoms with Gasteiger partial charge in [0.05, 0.1) is 79.8 Å². The van der Waals surface area contributed by atoms with E-state index in [0.717, 1.165) is 101 Å². The molecule has 5 N–H and O–H groups in total. The van der Waals surface area contributed by atoms with Gasteiger partial charge in [0.2, 0.25) is 6.29 Å². The summed E-state index contributed by atoms with van der Waals surface area (Å²) in [6.07, 6.45) is -3.71. The Kier molecular flexibility index (Phi) is 57.7. The zero-order valence-electron chi connectivity index (χ0n) is 78.1. The molecule has 0 unspecified atom stereocenters. The normalized spacial score (nSPS) is 14.1. The number of aliphatic carboxylic acids is 2. The van der Waals surface area contributed by atoms with E-state index in [-0.39, 0.29) is 166 Å². The number of aldehydes is 1. The first kappa shape index (κ1) is 124. The number of nitriles is 1. The molecule has 4 atom stereocenters. The number of aliphatic imine (C=N–C) groups is 3. The van der Waals surface area contributed by atoms with Crippen LogP contribution in [0.4, 0.5) is 27.6 Å². The van der Waals surface area contributed by atoms with Crippen molar-refractivity contribution in [3.8, 4) is 29.1 Å². The topological polar surface area (TPSA) is 470 Å². The number of aromatic nitrogens is 4. The number of esters is 2. The van der Waals surface area contributed by atoms with Gasteiger partial charge in [-0.25, -0.2) is 48.7 Å². The van der Waals surface area contributed by atoms with Gasteiger partial charge < -0.3 is 90.2 Å². The summed E-state index contributed by atoms with van der Waals surface area (Å²) >= 11 is 8.09. The first-order chi connectivity index (χ1) is 61.4. The Labute approximate surface area is 887 Å². The average molecular weight is 2020 g/mol. The second kappa shape index (κ2) is 62.5. The summed E-state index contributed by atoms with van der Waals surface area (Å²) in [6, 6.07) is 37.5. The molecule has 7 heterocycles. The quantitative estimate of drug-likeness (QED) is 0.00445. The predicted molar refractivity (Wildman–Crippen MR) is 506 cm³/mol. The Morgan fingerprint density at radius 3 is 1.08 bits per heavy atom. The maximum absolute atomic E-state index is 12.0. The number of hydrogen-bond acceptors (Lipinski definition) is 34. The maximum atomic E-state index is 12.0. The van der Waals surface area contributed by atoms with Crippen LogP contribution < -0.4 is 138 Å². The molecular formula is C89H115ClF3K2N13O22S4. The van der Waals surface area contributed by atoms with Gasteiger partial charge in [-0.15, -0.1) is 47.7 Å². The second-order valence-corrected chi connectivity index (χ2v) is 34.5. The van der Waals surface area contributed by atoms with Crippen LogP contribution in [0.25, 0.3) is 43.6 Å². The predicted octanol–water partition coefficient (Wildman–Crippen LogP) is 7.41. The van der Waals surface area contributed by atoms with Gasteiger partial charge in [0.25, 0.3) is 6.47 Å². The van der Waals surface area contributed by atoms with Crippen LogP contribution in [0.15, 0.2) is 136 Å². The van der Waals surface area contributed by atoms with Gasteiger partial charge >= 0.3 is 151 Å². The van der Waals surface area contributed by atoms with E-state index in [1.807, 2.05) is 191 Å². The molecule has 8 aromatic rings. The van der Waals surface area contributed by atoms with Crippen LogP contribution in [-0.2, 0) is 57.3 Å². The van der Waals surface area contributed by atoms with E-state index in [2.05, 4.69) is 57.7 Å². The number of amides is 3. The third kappa shape index (κ3) is 46.2. The number of ether oxygens (including phenoxy) is 9. The van der Waals surface area contributed by atoms with Gasteiger partial charge in [0.1, 0.15) is 72.7 Å². The molecule has 0 fully saturated rings. The molecule has 0 spiro atoms. The standard InChI is InChI=1S/C23H29N3O5S.C22H27N3O5S.C19H23N3O3.C18H21N3O3S.C3H7NO2S.C2HF3O.CH2O3.CH4.ClH.2K.H/c1-23(2,3)31-22(28)26(4)11-6-12-30-16-8-10-17-15(13-16)7-9-18(24-17)20-25-19(14-32-20)21(27)29-5;1-22(2,3)30-21(28)25(4)10-5-11-29-15-7-9-16-14(12-15)6-8-17(23-16)19-24-18(13-31-19)20(26)27;1-19(2,3)25-18(23)22(4)10-5-11-24-16-8-9-17-14(12-16)6-7-15(13-20)21-17;1-19-8-3-9-24-13-5-7-14-12(10-13)4-6-15(20-14)17-21-16(11-25-17)18(22)23-2;4-2(1-7)3(5)6;3-2(4,5)1-6;2-1-4-3;;;;;/h7-10,13,19H,6,11-12,14H2,1-5H3;6-9,12,18H,5,10-11,13H2,1-4H3,(H,26,27);6-9,12H,5,10-11H2,1-4H3;4-7,10,16,19H,3,8-9,11H2,1-2H3;2,7H,1,4H2,(H,5,6);1H;1,3H;1H4;1H;;;/q;;;;;;;;;2*+1;-1/p-1/t19-;18-;;16-;2-;;;;;;;/m11.11......./s1. The van der Waals surface area contributed by atoms with E-state index in [9.17, 15) is 46.7 Å². The van der Waals surface area contributed by atoms with Crippen molar-refractivity contribution in [3.63, 3.8) is 0 Å². The molecule has 4 aromatic heterocycles. The number of nitrogens with zero attached hydrogens (tertiary/aromatic N) is 11. The number of carbonyl (C=O) groups excluding carboxylic acids is 7. The van der Waals surface area contributed by atoms with Crippen LogP contribution in [0, 0.1) is 11.3 Å². The van der Waals surface area contributed by atoms with Gasteiger partial charge in [-0.2, -0.15) is 31.1 Å². The minimum Gasteiger partial charge on any atom is -1.00 e. The number of carbonyl (C=O) groups is 9. The van der Waals surface area contributed by atoms with Crippen molar-refractivity contribution >= 4 is 174 Å². The smallest absolute Gasteiger partial charge is 1.00 e. The maximum Gasteiger partial charge on any atom is 1.00 e. The molecule has 0 aliphatic carbocycles. The van der Waals surface area contributed by atoms with Crippen LogP contribution in [0.5, 0.6) is 23.0 Å². The number of fused-ring (bicyclic) bond motifs is 4. The van der Waals surface area contributed by atoms with E-state index < -0.39 is 65.4 Å². The number of carboxylic acids is 2. The van der Waals surface area contributed by atoms with Gasteiger partial charge in [0, 0.05) is 85.3 Å². The number of methoxy groups -OCH3 is 2. The molecule has 4 aromatic carbocycles. The molecule has 3 aliphatic heterocycles. The number of alkyl halides is 3. The summed E-state index contributed by atoms with van der Waals surface area (Å²) in [7, 11) is 9.82. The second-order valence-electron chi connectivity index (χ2n) is 31.1. The van der Waals surface area contributed by atoms with Crippen molar-refractivity contribution in [2.75, 3.05) is 118 Å². The number of nitrogens with one attached hydrogen (secondary N) is 1. The van der Waals surface area contributed by atoms with Gasteiger partial charge in [-0.05, 0) is 205 Å². The number of benzene rings is 4. The number of halogens is 4. The third-order valence-electron chi connectivity index (χ3n) is 17.0. The van der Waals surface area contributed by atoms with Crippen LogP contribution in [0.1, 0.15) is 120 Å². The summed E-state index contributed by atoms with van der Waals surface area (Å²) in [4.78, 5) is 136. The first-order valence-electron chi connectivity index (χ1n) is 40.3. The fourth-order valence-corrected chi connectivity index (χ4v) is 13.8. The Morgan fingerprint density at radius 1 is 0.545 bits per heavy atom. The number of carboxylic acid groups (broad SMARTS) is 2. The zero-order chi connectivity index (χ0) is 96.5. The number of thiol groups is 1. The third-order valence-corrected chi connectivity index (χ3v) is 20.6. The van der Waals surface area contributed by atoms with E-state index in [1.165, 1.54) is 49.5 Å². The first-order valence-corrected chi connectivity index (χ1v) is 43.9. The van der Waals surface area contributed by atoms with Crippen molar-refractivity contribution in [2.24, 2.45) is 20.7 Å². The van der Waals surface area contributed by atoms with E-state index in [1.54, 1.807) is 41.9 Å². The molecule has 0 saturated heterocycles. The number of thioether (sulfide) groups is 3. The molecule has 11 rings (SSSR count). The molecule has 35 nitrogen and oxygen atoms in total. The Hall–Kier alpha value is -8.32. The number of pyridine rings is 4. The van der Waals surface area contributed by atoms with E-state index in [0.29, 0.717) is 99.0 Å². The summed E-state index contributed by atoms with van der Waals surface area (Å²) in [5.74, 6) is 2.28. The zero-order valence-corrected chi connectivity index (χ0v) is 87.5. The molecule has 3 aliphatic rings. The summed E-state index contributed by atoms with van der Waals surface area (Å²) in [6.45, 7) is 21.1. The van der Waals surface area contributed by atoms with Gasteiger partial charge in [-0.3, -0.25) is 29.4 Å². The van der Waals surface area contributed by atoms with Crippen LogP contribution in [0.3, 0.4) is 0 Å². The van der Waals surface area contributed by atoms with Crippen molar-refractivity contribution in [2.45, 2.75) is 143 Å². The summed E-state index contributed by atoms with van der Waals surface area (Å²) in [5.41, 5.74) is 9.28. The minimum absolute atomic E-state index is 0. The van der Waals surface area contributed by atoms with Crippen LogP contribution in [-0.4, -0.2) is 280 Å². The largest absolute Gasteiger partial charge is 1.00 e. The van der Waals surface area contributed by atoms with E-state index >= 15 is 0 Å². The monoisotopic (exact) mass is 2020 g/mol. The number of hydrogen-bond donors (Lipinski definition) is 5. The summed E-state index contributed by atoms with van der Waals surface area (Å²) in [5, 5.41) is 43.5. The molecule has 0 saturated carbocycles. The Balaban J connectivity index is 0.00000166. The molecule has 0 radical (unpaired) electrons. The van der Waals surface area contributed by atoms with Crippen molar-refractivity contribution in [1.29, 1.82) is 5.26 Å². The molecule has 3 amide bonds. The van der Waals surface area contributed by atoms with Crippen LogP contribution >= 0.6 is 60.3 Å². The van der Waals surface area contributed by atoms with Crippen LogP contribution in [0.2, 0.25) is 0 Å². The molecule has 134 heavy (non-hydrogen) atoms. The number of nitrogens with two attached hydrogens (primary N) is 1. The SMILES string of the molecule is C.CN(CCCOc1ccc2nc(C#N)ccc2c1)C(=O)OC(C)(C)C.CN(CCCOc1ccc2nc(C3=N[C@@H](C(=O)O)CS3)ccc2c1)C(=O)OC(C)(C)C.CNCCCOc1ccc2nc(C3=N[C@@H](C(=O)OC)CS3)ccc2c1.COC(=O)[C@H]1CSC(c2ccc3cc(OCCCN(C)C(=O)OC(C)(C)C)ccc3n2)=N1.Cl.N[C@H](CS)C(=O)O.O=CC(F)(F)F.O=CO[O-].[H-].[K+].[K+]. The molecule has 45 heteroatoms. The Bertz CT molecular complexity index is 5300. The fourth-order valence-electron chi connectivity index (χ4n) is 10.7. The van der Waals surface area contributed by atoms with Gasteiger partial charge in [0.15, 0.2) is 18.1 Å². The summed E-state index contributed by atoms with van der Waals surface area (Å²) < 4.78 is 79.9. The molecule has 722 valence electrons. The molecular weight excluding hydrogens is 1900 g/mol. The van der Waals surface area contributed by atoms with E-state index in [4.69, 9.17) is 78.7 Å².